The first-order chi connectivity index (χ1) is 13.1. The Hall–Kier alpha value is -3.12. The van der Waals surface area contributed by atoms with E-state index in [1.807, 2.05) is 6.07 Å². The van der Waals surface area contributed by atoms with Gasteiger partial charge in [-0.2, -0.15) is 0 Å². The van der Waals surface area contributed by atoms with Crippen molar-refractivity contribution in [2.75, 3.05) is 12.4 Å². The molecule has 0 atom stereocenters. The molecule has 27 heavy (non-hydrogen) atoms. The molecule has 2 heterocycles. The summed E-state index contributed by atoms with van der Waals surface area (Å²) in [4.78, 5) is 12.9. The summed E-state index contributed by atoms with van der Waals surface area (Å²) in [5.41, 5.74) is 1.59. The maximum atomic E-state index is 15.3. The number of nitrogens with one attached hydrogen (secondary N) is 1. The highest BCUT2D eigenvalue weighted by Gasteiger charge is 2.18. The monoisotopic (exact) mass is 382 g/mol. The maximum absolute atomic E-state index is 15.3. The van der Waals surface area contributed by atoms with Crippen LogP contribution in [0.25, 0.3) is 33.4 Å². The Bertz CT molecular complexity index is 1150. The molecule has 0 radical (unpaired) electrons. The lowest BCUT2D eigenvalue weighted by Crippen LogP contribution is -2.01. The van der Waals surface area contributed by atoms with Crippen molar-refractivity contribution in [2.45, 2.75) is 0 Å². The smallest absolute Gasteiger partial charge is 0.163 e. The molecule has 0 amide bonds. The van der Waals surface area contributed by atoms with Crippen LogP contribution in [-0.4, -0.2) is 22.0 Å². The van der Waals surface area contributed by atoms with Gasteiger partial charge in [-0.25, -0.2) is 18.7 Å². The lowest BCUT2D eigenvalue weighted by molar-refractivity contribution is 0.627. The molecule has 2 aromatic carbocycles. The van der Waals surface area contributed by atoms with Gasteiger partial charge in [-0.1, -0.05) is 11.6 Å². The molecule has 2 aromatic heterocycles. The molecule has 1 N–H and O–H groups in total. The minimum Gasteiger partial charge on any atom is -0.372 e. The molecule has 4 aromatic rings. The van der Waals surface area contributed by atoms with Crippen LogP contribution in [0.2, 0.25) is 5.02 Å². The third-order valence-corrected chi connectivity index (χ3v) is 4.51. The number of aromatic nitrogens is 3. The molecule has 0 spiro atoms. The molecule has 7 heteroatoms. The zero-order valence-corrected chi connectivity index (χ0v) is 14.9. The molecule has 0 saturated carbocycles. The molecular formula is C20H13ClF2N4. The highest BCUT2D eigenvalue weighted by molar-refractivity contribution is 6.33. The molecule has 4 rings (SSSR count). The fraction of sp³-hybridized carbons (Fsp3) is 0.0500. The first kappa shape index (κ1) is 17.3. The SMILES string of the molecule is CNc1nc(-c2cccnc2)nc2ccc(-c3cc(F)ccc3Cl)c(F)c12. The number of pyridine rings is 1. The van der Waals surface area contributed by atoms with E-state index in [-0.39, 0.29) is 21.5 Å². The Kier molecular flexibility index (Phi) is 4.41. The van der Waals surface area contributed by atoms with Gasteiger partial charge in [0.05, 0.1) is 10.9 Å². The second kappa shape index (κ2) is 6.89. The zero-order chi connectivity index (χ0) is 19.0. The lowest BCUT2D eigenvalue weighted by Gasteiger charge is -2.12. The normalized spacial score (nSPS) is 11.0. The summed E-state index contributed by atoms with van der Waals surface area (Å²) >= 11 is 6.15. The average Bonchev–Trinajstić information content (AvgIpc) is 2.70. The third-order valence-electron chi connectivity index (χ3n) is 4.18. The van der Waals surface area contributed by atoms with Crippen molar-refractivity contribution < 1.29 is 8.78 Å². The van der Waals surface area contributed by atoms with Crippen LogP contribution in [0.1, 0.15) is 0 Å². The first-order valence-electron chi connectivity index (χ1n) is 8.12. The van der Waals surface area contributed by atoms with Crippen LogP contribution in [0, 0.1) is 11.6 Å². The number of rotatable bonds is 3. The fourth-order valence-corrected chi connectivity index (χ4v) is 3.12. The Morgan fingerprint density at radius 2 is 1.85 bits per heavy atom. The van der Waals surface area contributed by atoms with Gasteiger partial charge in [0.1, 0.15) is 17.5 Å². The fourth-order valence-electron chi connectivity index (χ4n) is 2.90. The molecular weight excluding hydrogens is 370 g/mol. The highest BCUT2D eigenvalue weighted by atomic mass is 35.5. The number of nitrogens with zero attached hydrogens (tertiary/aromatic N) is 3. The van der Waals surface area contributed by atoms with Gasteiger partial charge in [0.15, 0.2) is 5.82 Å². The average molecular weight is 383 g/mol. The Labute approximate surface area is 158 Å². The van der Waals surface area contributed by atoms with Gasteiger partial charge in [0, 0.05) is 41.2 Å². The number of hydrogen-bond acceptors (Lipinski definition) is 4. The van der Waals surface area contributed by atoms with Crippen LogP contribution in [0.4, 0.5) is 14.6 Å². The van der Waals surface area contributed by atoms with Crippen LogP contribution >= 0.6 is 11.6 Å². The van der Waals surface area contributed by atoms with E-state index in [9.17, 15) is 4.39 Å². The summed E-state index contributed by atoms with van der Waals surface area (Å²) in [6.45, 7) is 0. The van der Waals surface area contributed by atoms with E-state index in [0.29, 0.717) is 22.7 Å². The molecule has 134 valence electrons. The molecule has 0 aliphatic carbocycles. The van der Waals surface area contributed by atoms with E-state index in [1.54, 1.807) is 31.6 Å². The van der Waals surface area contributed by atoms with Gasteiger partial charge >= 0.3 is 0 Å². The predicted molar refractivity (Wildman–Crippen MR) is 103 cm³/mol. The van der Waals surface area contributed by atoms with Gasteiger partial charge in [-0.05, 0) is 42.5 Å². The minimum atomic E-state index is -0.568. The Morgan fingerprint density at radius 1 is 1.00 bits per heavy atom. The van der Waals surface area contributed by atoms with E-state index >= 15 is 4.39 Å². The van der Waals surface area contributed by atoms with E-state index in [0.717, 1.165) is 0 Å². The number of halogens is 3. The van der Waals surface area contributed by atoms with Gasteiger partial charge in [0.25, 0.3) is 0 Å². The van der Waals surface area contributed by atoms with Crippen LogP contribution in [0.15, 0.2) is 54.9 Å². The number of benzene rings is 2. The summed E-state index contributed by atoms with van der Waals surface area (Å²) in [5, 5.41) is 3.38. The first-order valence-corrected chi connectivity index (χ1v) is 8.50. The summed E-state index contributed by atoms with van der Waals surface area (Å²) in [7, 11) is 1.65. The Balaban J connectivity index is 1.97. The third kappa shape index (κ3) is 3.08. The van der Waals surface area contributed by atoms with E-state index in [2.05, 4.69) is 20.3 Å². The van der Waals surface area contributed by atoms with Gasteiger partial charge < -0.3 is 5.32 Å². The summed E-state index contributed by atoms with van der Waals surface area (Å²) in [5.74, 6) is -0.311. The van der Waals surface area contributed by atoms with Crippen molar-refractivity contribution in [1.82, 2.24) is 15.0 Å². The van der Waals surface area contributed by atoms with Gasteiger partial charge in [-0.15, -0.1) is 0 Å². The lowest BCUT2D eigenvalue weighted by atomic mass is 10.0. The molecule has 0 bridgehead atoms. The molecule has 0 fully saturated rings. The quantitative estimate of drug-likeness (QED) is 0.520. The summed E-state index contributed by atoms with van der Waals surface area (Å²) in [6, 6.07) is 10.6. The second-order valence-electron chi connectivity index (χ2n) is 5.83. The van der Waals surface area contributed by atoms with Gasteiger partial charge in [0.2, 0.25) is 0 Å². The van der Waals surface area contributed by atoms with Crippen molar-refractivity contribution in [2.24, 2.45) is 0 Å². The van der Waals surface area contributed by atoms with Crippen molar-refractivity contribution in [3.05, 3.63) is 71.5 Å². The molecule has 4 nitrogen and oxygen atoms in total. The van der Waals surface area contributed by atoms with Crippen LogP contribution in [0.3, 0.4) is 0 Å². The zero-order valence-electron chi connectivity index (χ0n) is 14.2. The van der Waals surface area contributed by atoms with Crippen molar-refractivity contribution in [1.29, 1.82) is 0 Å². The molecule has 0 saturated heterocycles. The van der Waals surface area contributed by atoms with Crippen molar-refractivity contribution in [3.63, 3.8) is 0 Å². The van der Waals surface area contributed by atoms with Crippen LogP contribution < -0.4 is 5.32 Å². The predicted octanol–water partition coefficient (Wildman–Crippen LogP) is 5.33. The van der Waals surface area contributed by atoms with E-state index < -0.39 is 11.6 Å². The second-order valence-corrected chi connectivity index (χ2v) is 6.24. The topological polar surface area (TPSA) is 50.7 Å². The number of hydrogen-bond donors (Lipinski definition) is 1. The summed E-state index contributed by atoms with van der Waals surface area (Å²) < 4.78 is 29.0. The number of anilines is 1. The highest BCUT2D eigenvalue weighted by Crippen LogP contribution is 2.36. The molecule has 0 aliphatic rings. The van der Waals surface area contributed by atoms with Crippen LogP contribution in [0.5, 0.6) is 0 Å². The Morgan fingerprint density at radius 3 is 2.59 bits per heavy atom. The van der Waals surface area contributed by atoms with E-state index in [1.165, 1.54) is 24.3 Å². The van der Waals surface area contributed by atoms with Crippen LogP contribution in [-0.2, 0) is 0 Å². The molecule has 0 unspecified atom stereocenters. The van der Waals surface area contributed by atoms with Gasteiger partial charge in [-0.3, -0.25) is 4.98 Å². The minimum absolute atomic E-state index is 0.182. The van der Waals surface area contributed by atoms with Crippen molar-refractivity contribution in [3.8, 4) is 22.5 Å². The maximum Gasteiger partial charge on any atom is 0.163 e. The number of fused-ring (bicyclic) bond motifs is 1. The summed E-state index contributed by atoms with van der Waals surface area (Å²) in [6.07, 6.45) is 3.29. The molecule has 0 aliphatic heterocycles. The largest absolute Gasteiger partial charge is 0.372 e. The van der Waals surface area contributed by atoms with E-state index in [4.69, 9.17) is 11.6 Å². The standard InChI is InChI=1S/C20H13ClF2N4/c1-24-20-17-16(26-19(27-20)11-3-2-8-25-10-11)7-5-13(18(17)23)14-9-12(22)4-6-15(14)21/h2-10H,1H3,(H,24,26,27). The van der Waals surface area contributed by atoms with Crippen molar-refractivity contribution >= 4 is 28.3 Å².